The van der Waals surface area contributed by atoms with E-state index in [4.69, 9.17) is 11.6 Å². The minimum atomic E-state index is -0.551. The lowest BCUT2D eigenvalue weighted by Crippen LogP contribution is -2.54. The molecule has 2 amide bonds. The Morgan fingerprint density at radius 1 is 0.962 bits per heavy atom. The van der Waals surface area contributed by atoms with E-state index in [-0.39, 0.29) is 11.8 Å². The number of hydrogen-bond donors (Lipinski definition) is 1. The Balaban J connectivity index is 1.53. The van der Waals surface area contributed by atoms with Gasteiger partial charge in [0, 0.05) is 42.5 Å². The van der Waals surface area contributed by atoms with Gasteiger partial charge in [-0.3, -0.25) is 9.59 Å². The Bertz CT molecular complexity index is 756. The highest BCUT2D eigenvalue weighted by Crippen LogP contribution is 2.19. The van der Waals surface area contributed by atoms with Crippen LogP contribution in [0.5, 0.6) is 0 Å². The topological polar surface area (TPSA) is 52.7 Å². The Morgan fingerprint density at radius 3 is 2.19 bits per heavy atom. The summed E-state index contributed by atoms with van der Waals surface area (Å²) in [5.74, 6) is -0.281. The van der Waals surface area contributed by atoms with Gasteiger partial charge in [0.2, 0.25) is 5.91 Å². The highest BCUT2D eigenvalue weighted by atomic mass is 35.5. The van der Waals surface area contributed by atoms with Crippen LogP contribution in [0.1, 0.15) is 17.3 Å². The second-order valence-electron chi connectivity index (χ2n) is 6.35. The fraction of sp³-hybridized carbons (Fsp3) is 0.300. The zero-order valence-electron chi connectivity index (χ0n) is 14.7. The van der Waals surface area contributed by atoms with Gasteiger partial charge in [0.25, 0.3) is 5.91 Å². The maximum Gasteiger partial charge on any atom is 0.251 e. The molecule has 5 nitrogen and oxygen atoms in total. The van der Waals surface area contributed by atoms with E-state index in [2.05, 4.69) is 10.2 Å². The van der Waals surface area contributed by atoms with Crippen LogP contribution in [-0.2, 0) is 4.79 Å². The first kappa shape index (κ1) is 18.3. The van der Waals surface area contributed by atoms with Gasteiger partial charge in [-0.2, -0.15) is 0 Å². The zero-order valence-corrected chi connectivity index (χ0v) is 15.4. The Kier molecular flexibility index (Phi) is 5.78. The van der Waals surface area contributed by atoms with Crippen LogP contribution in [0.15, 0.2) is 54.6 Å². The molecule has 1 N–H and O–H groups in total. The molecule has 1 fully saturated rings. The molecule has 1 aliphatic heterocycles. The second-order valence-corrected chi connectivity index (χ2v) is 6.79. The molecule has 3 rings (SSSR count). The van der Waals surface area contributed by atoms with Crippen molar-refractivity contribution in [3.05, 3.63) is 65.2 Å². The number of amides is 2. The summed E-state index contributed by atoms with van der Waals surface area (Å²) in [5.41, 5.74) is 1.66. The number of halogens is 1. The van der Waals surface area contributed by atoms with Gasteiger partial charge in [-0.25, -0.2) is 0 Å². The van der Waals surface area contributed by atoms with Crippen LogP contribution in [0.2, 0.25) is 5.02 Å². The number of hydrogen-bond acceptors (Lipinski definition) is 3. The third-order valence-corrected chi connectivity index (χ3v) is 4.79. The first-order chi connectivity index (χ1) is 12.5. The molecule has 0 aliphatic carbocycles. The molecule has 2 aromatic carbocycles. The summed E-state index contributed by atoms with van der Waals surface area (Å²) in [4.78, 5) is 28.9. The Labute approximate surface area is 158 Å². The van der Waals surface area contributed by atoms with E-state index in [0.717, 1.165) is 18.8 Å². The number of benzene rings is 2. The second kappa shape index (κ2) is 8.23. The number of carbonyl (C=O) groups excluding carboxylic acids is 2. The molecule has 6 heteroatoms. The third-order valence-electron chi connectivity index (χ3n) is 4.54. The Hall–Kier alpha value is -2.53. The summed E-state index contributed by atoms with van der Waals surface area (Å²) >= 11 is 5.93. The lowest BCUT2D eigenvalue weighted by Gasteiger charge is -2.37. The van der Waals surface area contributed by atoms with Crippen molar-refractivity contribution in [3.8, 4) is 0 Å². The van der Waals surface area contributed by atoms with Crippen molar-refractivity contribution < 1.29 is 9.59 Å². The number of rotatable bonds is 4. The number of piperazine rings is 1. The molecule has 1 heterocycles. The maximum atomic E-state index is 12.6. The molecule has 136 valence electrons. The van der Waals surface area contributed by atoms with Crippen LogP contribution in [0.25, 0.3) is 0 Å². The first-order valence-corrected chi connectivity index (χ1v) is 9.07. The molecule has 0 spiro atoms. The first-order valence-electron chi connectivity index (χ1n) is 8.70. The smallest absolute Gasteiger partial charge is 0.251 e. The zero-order chi connectivity index (χ0) is 18.5. The van der Waals surface area contributed by atoms with Gasteiger partial charge in [0.1, 0.15) is 6.04 Å². The van der Waals surface area contributed by atoms with Crippen LogP contribution in [0.4, 0.5) is 5.69 Å². The lowest BCUT2D eigenvalue weighted by atomic mass is 10.2. The van der Waals surface area contributed by atoms with E-state index in [1.807, 2.05) is 35.2 Å². The van der Waals surface area contributed by atoms with E-state index in [9.17, 15) is 9.59 Å². The van der Waals surface area contributed by atoms with E-state index in [0.29, 0.717) is 23.7 Å². The number of carbonyl (C=O) groups is 2. The molecule has 1 atom stereocenters. The molecule has 1 aliphatic rings. The molecule has 0 bridgehead atoms. The Morgan fingerprint density at radius 2 is 1.58 bits per heavy atom. The molecule has 0 saturated carbocycles. The quantitative estimate of drug-likeness (QED) is 0.899. The summed E-state index contributed by atoms with van der Waals surface area (Å²) in [5, 5.41) is 3.50. The van der Waals surface area contributed by atoms with Crippen LogP contribution in [0.3, 0.4) is 0 Å². The van der Waals surface area contributed by atoms with Crippen molar-refractivity contribution in [2.75, 3.05) is 31.1 Å². The minimum Gasteiger partial charge on any atom is -0.368 e. The van der Waals surface area contributed by atoms with Crippen molar-refractivity contribution in [1.29, 1.82) is 0 Å². The van der Waals surface area contributed by atoms with Gasteiger partial charge in [-0.15, -0.1) is 0 Å². The third kappa shape index (κ3) is 4.35. The summed E-state index contributed by atoms with van der Waals surface area (Å²) in [6, 6.07) is 16.1. The normalized spacial score (nSPS) is 15.5. The van der Waals surface area contributed by atoms with Crippen molar-refractivity contribution in [1.82, 2.24) is 10.2 Å². The summed E-state index contributed by atoms with van der Waals surface area (Å²) in [6.45, 7) is 4.51. The van der Waals surface area contributed by atoms with Gasteiger partial charge in [-0.1, -0.05) is 29.8 Å². The summed E-state index contributed by atoms with van der Waals surface area (Å²) in [7, 11) is 0. The molecule has 0 aromatic heterocycles. The fourth-order valence-corrected chi connectivity index (χ4v) is 3.17. The number of nitrogens with zero attached hydrogens (tertiary/aromatic N) is 2. The highest BCUT2D eigenvalue weighted by Gasteiger charge is 2.26. The summed E-state index contributed by atoms with van der Waals surface area (Å²) in [6.07, 6.45) is 0. The molecule has 2 aromatic rings. The number of nitrogens with one attached hydrogen (secondary N) is 1. The van der Waals surface area contributed by atoms with Crippen LogP contribution < -0.4 is 10.2 Å². The fourth-order valence-electron chi connectivity index (χ4n) is 3.04. The van der Waals surface area contributed by atoms with Crippen LogP contribution in [-0.4, -0.2) is 48.9 Å². The van der Waals surface area contributed by atoms with Gasteiger partial charge in [0.15, 0.2) is 0 Å². The van der Waals surface area contributed by atoms with Crippen molar-refractivity contribution in [2.24, 2.45) is 0 Å². The van der Waals surface area contributed by atoms with Gasteiger partial charge in [0.05, 0.1) is 0 Å². The molecule has 1 saturated heterocycles. The highest BCUT2D eigenvalue weighted by molar-refractivity contribution is 6.30. The van der Waals surface area contributed by atoms with Crippen molar-refractivity contribution >= 4 is 29.1 Å². The predicted molar refractivity (Wildman–Crippen MR) is 104 cm³/mol. The largest absolute Gasteiger partial charge is 0.368 e. The van der Waals surface area contributed by atoms with E-state index in [1.165, 1.54) is 0 Å². The molecule has 0 radical (unpaired) electrons. The molecular formula is C20H22ClN3O2. The van der Waals surface area contributed by atoms with E-state index in [1.54, 1.807) is 31.2 Å². The van der Waals surface area contributed by atoms with E-state index >= 15 is 0 Å². The molecule has 26 heavy (non-hydrogen) atoms. The number of anilines is 1. The lowest BCUT2D eigenvalue weighted by molar-refractivity contribution is -0.133. The standard InChI is InChI=1S/C20H22ClN3O2/c1-15(22-19(25)16-5-3-2-4-6-16)20(26)24-13-11-23(12-14-24)18-9-7-17(21)8-10-18/h2-10,15H,11-14H2,1H3,(H,22,25). The summed E-state index contributed by atoms with van der Waals surface area (Å²) < 4.78 is 0. The average Bonchev–Trinajstić information content (AvgIpc) is 2.69. The molecule has 1 unspecified atom stereocenters. The van der Waals surface area contributed by atoms with Gasteiger partial charge >= 0.3 is 0 Å². The van der Waals surface area contributed by atoms with Crippen LogP contribution >= 0.6 is 11.6 Å². The maximum absolute atomic E-state index is 12.6. The SMILES string of the molecule is CC(NC(=O)c1ccccc1)C(=O)N1CCN(c2ccc(Cl)cc2)CC1. The average molecular weight is 372 g/mol. The van der Waals surface area contributed by atoms with Gasteiger partial charge < -0.3 is 15.1 Å². The molecular weight excluding hydrogens is 350 g/mol. The van der Waals surface area contributed by atoms with Crippen LogP contribution in [0, 0.1) is 0 Å². The van der Waals surface area contributed by atoms with Crippen molar-refractivity contribution in [3.63, 3.8) is 0 Å². The monoisotopic (exact) mass is 371 g/mol. The predicted octanol–water partition coefficient (Wildman–Crippen LogP) is 2.81. The van der Waals surface area contributed by atoms with E-state index < -0.39 is 6.04 Å². The van der Waals surface area contributed by atoms with Gasteiger partial charge in [-0.05, 0) is 43.3 Å². The minimum absolute atomic E-state index is 0.0509. The van der Waals surface area contributed by atoms with Crippen molar-refractivity contribution in [2.45, 2.75) is 13.0 Å².